The van der Waals surface area contributed by atoms with Gasteiger partial charge in [0.15, 0.2) is 6.10 Å². The number of ether oxygens (including phenoxy) is 1. The van der Waals surface area contributed by atoms with Gasteiger partial charge in [-0.25, -0.2) is 4.79 Å². The molecule has 1 atom stereocenters. The molecule has 0 radical (unpaired) electrons. The SMILES string of the molecule is N#C[C@H](Cc1cccc([N+](=O)[O-])c1)OC(=O)c1ccccc1. The Morgan fingerprint density at radius 1 is 1.23 bits per heavy atom. The predicted octanol–water partition coefficient (Wildman–Crippen LogP) is 2.89. The van der Waals surface area contributed by atoms with Gasteiger partial charge in [0.25, 0.3) is 5.69 Å². The van der Waals surface area contributed by atoms with Crippen LogP contribution in [0.1, 0.15) is 15.9 Å². The summed E-state index contributed by atoms with van der Waals surface area (Å²) in [5.41, 5.74) is 0.840. The zero-order chi connectivity index (χ0) is 15.9. The highest BCUT2D eigenvalue weighted by Gasteiger charge is 2.17. The van der Waals surface area contributed by atoms with Gasteiger partial charge < -0.3 is 4.74 Å². The normalized spacial score (nSPS) is 11.2. The highest BCUT2D eigenvalue weighted by atomic mass is 16.6. The summed E-state index contributed by atoms with van der Waals surface area (Å²) in [6.45, 7) is 0. The smallest absolute Gasteiger partial charge is 0.339 e. The Balaban J connectivity index is 2.07. The standard InChI is InChI=1S/C16H12N2O4/c17-11-15(22-16(19)13-6-2-1-3-7-13)10-12-5-4-8-14(9-12)18(20)21/h1-9,15H,10H2/t15-/m0/s1. The van der Waals surface area contributed by atoms with Gasteiger partial charge in [0.2, 0.25) is 0 Å². The van der Waals surface area contributed by atoms with E-state index in [0.29, 0.717) is 11.1 Å². The minimum Gasteiger partial charge on any atom is -0.443 e. The van der Waals surface area contributed by atoms with E-state index in [2.05, 4.69) is 0 Å². The van der Waals surface area contributed by atoms with Gasteiger partial charge in [-0.2, -0.15) is 5.26 Å². The molecule has 0 bridgehead atoms. The average Bonchev–Trinajstić information content (AvgIpc) is 2.55. The fourth-order valence-electron chi connectivity index (χ4n) is 1.90. The summed E-state index contributed by atoms with van der Waals surface area (Å²) in [7, 11) is 0. The van der Waals surface area contributed by atoms with Crippen LogP contribution in [0.3, 0.4) is 0 Å². The molecule has 2 rings (SSSR count). The highest BCUT2D eigenvalue weighted by molar-refractivity contribution is 5.89. The van der Waals surface area contributed by atoms with Crippen LogP contribution in [0.4, 0.5) is 5.69 Å². The maximum atomic E-state index is 11.9. The van der Waals surface area contributed by atoms with Gasteiger partial charge in [0.05, 0.1) is 10.5 Å². The minimum atomic E-state index is -1.00. The first kappa shape index (κ1) is 15.2. The lowest BCUT2D eigenvalue weighted by Crippen LogP contribution is -2.19. The first-order valence-corrected chi connectivity index (χ1v) is 6.49. The van der Waals surface area contributed by atoms with E-state index in [1.165, 1.54) is 18.2 Å². The molecule has 2 aromatic rings. The fourth-order valence-corrected chi connectivity index (χ4v) is 1.90. The Bertz CT molecular complexity index is 722. The molecule has 0 fully saturated rings. The van der Waals surface area contributed by atoms with Crippen molar-refractivity contribution in [2.75, 3.05) is 0 Å². The van der Waals surface area contributed by atoms with Crippen LogP contribution in [0.5, 0.6) is 0 Å². The second kappa shape index (κ2) is 6.99. The number of nitriles is 1. The zero-order valence-corrected chi connectivity index (χ0v) is 11.5. The van der Waals surface area contributed by atoms with Crippen LogP contribution in [0, 0.1) is 21.4 Å². The van der Waals surface area contributed by atoms with Crippen LogP contribution in [-0.2, 0) is 11.2 Å². The molecule has 2 aromatic carbocycles. The van der Waals surface area contributed by atoms with Crippen molar-refractivity contribution in [2.45, 2.75) is 12.5 Å². The van der Waals surface area contributed by atoms with Crippen LogP contribution < -0.4 is 0 Å². The number of nitro groups is 1. The Hall–Kier alpha value is -3.20. The number of benzene rings is 2. The van der Waals surface area contributed by atoms with E-state index >= 15 is 0 Å². The molecule has 0 unspecified atom stereocenters. The van der Waals surface area contributed by atoms with E-state index in [-0.39, 0.29) is 12.1 Å². The number of hydrogen-bond donors (Lipinski definition) is 0. The van der Waals surface area contributed by atoms with E-state index in [9.17, 15) is 14.9 Å². The number of hydrogen-bond acceptors (Lipinski definition) is 5. The molecule has 0 spiro atoms. The summed E-state index contributed by atoms with van der Waals surface area (Å²) in [6.07, 6.45) is -0.911. The molecule has 0 heterocycles. The molecule has 0 saturated heterocycles. The van der Waals surface area contributed by atoms with E-state index in [1.807, 2.05) is 6.07 Å². The molecule has 0 N–H and O–H groups in total. The Morgan fingerprint density at radius 3 is 2.59 bits per heavy atom. The third kappa shape index (κ3) is 3.90. The largest absolute Gasteiger partial charge is 0.443 e. The van der Waals surface area contributed by atoms with Gasteiger partial charge in [-0.3, -0.25) is 10.1 Å². The van der Waals surface area contributed by atoms with Crippen LogP contribution >= 0.6 is 0 Å². The van der Waals surface area contributed by atoms with Gasteiger partial charge in [-0.15, -0.1) is 0 Å². The summed E-state index contributed by atoms with van der Waals surface area (Å²) in [6, 6.07) is 16.1. The van der Waals surface area contributed by atoms with Crippen LogP contribution in [0.2, 0.25) is 0 Å². The molecule has 0 amide bonds. The fraction of sp³-hybridized carbons (Fsp3) is 0.125. The lowest BCUT2D eigenvalue weighted by Gasteiger charge is -2.11. The molecule has 0 aliphatic rings. The second-order valence-corrected chi connectivity index (χ2v) is 4.52. The number of nitro benzene ring substituents is 1. The number of non-ortho nitro benzene ring substituents is 1. The van der Waals surface area contributed by atoms with Gasteiger partial charge in [0, 0.05) is 18.6 Å². The van der Waals surface area contributed by atoms with Crippen molar-refractivity contribution in [1.82, 2.24) is 0 Å². The first-order valence-electron chi connectivity index (χ1n) is 6.49. The van der Waals surface area contributed by atoms with E-state index in [4.69, 9.17) is 10.00 Å². The van der Waals surface area contributed by atoms with E-state index < -0.39 is 17.0 Å². The van der Waals surface area contributed by atoms with Crippen molar-refractivity contribution in [1.29, 1.82) is 5.26 Å². The quantitative estimate of drug-likeness (QED) is 0.480. The molecular weight excluding hydrogens is 284 g/mol. The summed E-state index contributed by atoms with van der Waals surface area (Å²) in [5, 5.41) is 19.8. The maximum Gasteiger partial charge on any atom is 0.339 e. The topological polar surface area (TPSA) is 93.2 Å². The van der Waals surface area contributed by atoms with E-state index in [1.54, 1.807) is 36.4 Å². The number of rotatable bonds is 5. The van der Waals surface area contributed by atoms with Crippen molar-refractivity contribution in [3.05, 3.63) is 75.8 Å². The summed E-state index contributed by atoms with van der Waals surface area (Å²) >= 11 is 0. The minimum absolute atomic E-state index is 0.0661. The molecule has 6 nitrogen and oxygen atoms in total. The highest BCUT2D eigenvalue weighted by Crippen LogP contribution is 2.16. The molecule has 6 heteroatoms. The maximum absolute atomic E-state index is 11.9. The number of carbonyl (C=O) groups is 1. The van der Waals surface area contributed by atoms with Crippen LogP contribution in [-0.4, -0.2) is 17.0 Å². The molecule has 0 aliphatic heterocycles. The van der Waals surface area contributed by atoms with Crippen LogP contribution in [0.25, 0.3) is 0 Å². The van der Waals surface area contributed by atoms with Crippen molar-refractivity contribution < 1.29 is 14.5 Å². The number of nitrogens with zero attached hydrogens (tertiary/aromatic N) is 2. The molecule has 110 valence electrons. The third-order valence-corrected chi connectivity index (χ3v) is 2.95. The lowest BCUT2D eigenvalue weighted by atomic mass is 10.1. The lowest BCUT2D eigenvalue weighted by molar-refractivity contribution is -0.384. The van der Waals surface area contributed by atoms with Crippen LogP contribution in [0.15, 0.2) is 54.6 Å². The summed E-state index contributed by atoms with van der Waals surface area (Å²) < 4.78 is 5.12. The summed E-state index contributed by atoms with van der Waals surface area (Å²) in [4.78, 5) is 22.1. The van der Waals surface area contributed by atoms with Gasteiger partial charge in [-0.1, -0.05) is 30.3 Å². The second-order valence-electron chi connectivity index (χ2n) is 4.52. The molecule has 0 saturated carbocycles. The van der Waals surface area contributed by atoms with E-state index in [0.717, 1.165) is 0 Å². The van der Waals surface area contributed by atoms with Crippen molar-refractivity contribution in [3.8, 4) is 6.07 Å². The Kier molecular flexibility index (Phi) is 4.83. The monoisotopic (exact) mass is 296 g/mol. The number of carbonyl (C=O) groups excluding carboxylic acids is 1. The molecule has 0 aromatic heterocycles. The molecule has 0 aliphatic carbocycles. The predicted molar refractivity (Wildman–Crippen MR) is 78.1 cm³/mol. The zero-order valence-electron chi connectivity index (χ0n) is 11.5. The average molecular weight is 296 g/mol. The van der Waals surface area contributed by atoms with Gasteiger partial charge in [0.1, 0.15) is 6.07 Å². The first-order chi connectivity index (χ1) is 10.6. The third-order valence-electron chi connectivity index (χ3n) is 2.95. The van der Waals surface area contributed by atoms with Crippen molar-refractivity contribution in [2.24, 2.45) is 0 Å². The Morgan fingerprint density at radius 2 is 1.95 bits per heavy atom. The Labute approximate surface area is 126 Å². The van der Waals surface area contributed by atoms with Crippen molar-refractivity contribution >= 4 is 11.7 Å². The van der Waals surface area contributed by atoms with Crippen molar-refractivity contribution in [3.63, 3.8) is 0 Å². The number of esters is 1. The van der Waals surface area contributed by atoms with Gasteiger partial charge >= 0.3 is 5.97 Å². The summed E-state index contributed by atoms with van der Waals surface area (Å²) in [5.74, 6) is -0.599. The molecule has 22 heavy (non-hydrogen) atoms. The molecular formula is C16H12N2O4. The van der Waals surface area contributed by atoms with Gasteiger partial charge in [-0.05, 0) is 17.7 Å².